The molecule has 2 aromatic carbocycles. The van der Waals surface area contributed by atoms with Crippen molar-refractivity contribution in [3.8, 4) is 0 Å². The van der Waals surface area contributed by atoms with Crippen molar-refractivity contribution in [2.24, 2.45) is 5.41 Å². The second-order valence-electron chi connectivity index (χ2n) is 13.1. The lowest BCUT2D eigenvalue weighted by Crippen LogP contribution is -2.52. The van der Waals surface area contributed by atoms with Gasteiger partial charge in [0.25, 0.3) is 0 Å². The van der Waals surface area contributed by atoms with Crippen LogP contribution in [0.25, 0.3) is 0 Å². The quantitative estimate of drug-likeness (QED) is 0.163. The van der Waals surface area contributed by atoms with Crippen LogP contribution in [0.15, 0.2) is 48.5 Å². The number of amides is 5. The predicted molar refractivity (Wildman–Crippen MR) is 177 cm³/mol. The van der Waals surface area contributed by atoms with Crippen LogP contribution in [0.4, 0.5) is 16.2 Å². The summed E-state index contributed by atoms with van der Waals surface area (Å²) in [4.78, 5) is 75.2. The fraction of sp³-hybridized carbons (Fsp3) is 0.471. The topological polar surface area (TPSA) is 203 Å². The molecule has 4 atom stereocenters. The summed E-state index contributed by atoms with van der Waals surface area (Å²) in [6.45, 7) is 8.42. The highest BCUT2D eigenvalue weighted by atomic mass is 16.5. The molecule has 1 heterocycles. The summed E-state index contributed by atoms with van der Waals surface area (Å²) in [6, 6.07) is 10.4. The minimum Gasteiger partial charge on any atom is -0.480 e. The molecule has 260 valence electrons. The molecule has 0 aliphatic carbocycles. The Morgan fingerprint density at radius 2 is 1.44 bits per heavy atom. The average Bonchev–Trinajstić information content (AvgIpc) is 3.44. The van der Waals surface area contributed by atoms with Crippen LogP contribution in [0.3, 0.4) is 0 Å². The number of rotatable bonds is 14. The number of aryl methyl sites for hydroxylation is 1. The number of anilines is 2. The molecule has 0 aromatic heterocycles. The minimum absolute atomic E-state index is 0.111. The van der Waals surface area contributed by atoms with Gasteiger partial charge in [-0.15, -0.1) is 0 Å². The smallest absolute Gasteiger partial charge is 0.328 e. The first-order valence-corrected chi connectivity index (χ1v) is 15.7. The number of hydrogen-bond acceptors (Lipinski definition) is 7. The summed E-state index contributed by atoms with van der Waals surface area (Å²) < 4.78 is 5.40. The van der Waals surface area contributed by atoms with Crippen LogP contribution >= 0.6 is 0 Å². The van der Waals surface area contributed by atoms with Gasteiger partial charge in [-0.2, -0.15) is 0 Å². The maximum absolute atomic E-state index is 13.3. The molecule has 0 spiro atoms. The Morgan fingerprint density at radius 1 is 0.875 bits per heavy atom. The maximum Gasteiger partial charge on any atom is 0.328 e. The van der Waals surface area contributed by atoms with Crippen molar-refractivity contribution >= 4 is 47.1 Å². The number of benzene rings is 2. The van der Waals surface area contributed by atoms with Crippen LogP contribution in [0.1, 0.15) is 64.0 Å². The van der Waals surface area contributed by atoms with Crippen LogP contribution in [-0.2, 0) is 28.7 Å². The molecule has 0 saturated carbocycles. The zero-order valence-electron chi connectivity index (χ0n) is 27.9. The number of likely N-dealkylation sites (tertiary alicyclic amines) is 1. The second-order valence-corrected chi connectivity index (χ2v) is 13.1. The Kier molecular flexibility index (Phi) is 13.1. The monoisotopic (exact) mass is 667 g/mol. The van der Waals surface area contributed by atoms with E-state index < -0.39 is 54.5 Å². The Morgan fingerprint density at radius 3 is 1.96 bits per heavy atom. The Balaban J connectivity index is 1.54. The normalized spacial score (nSPS) is 17.1. The van der Waals surface area contributed by atoms with Gasteiger partial charge in [0.1, 0.15) is 12.1 Å². The zero-order valence-corrected chi connectivity index (χ0v) is 27.9. The van der Waals surface area contributed by atoms with Gasteiger partial charge in [0.05, 0.1) is 6.61 Å². The third-order valence-electron chi connectivity index (χ3n) is 7.73. The van der Waals surface area contributed by atoms with Crippen molar-refractivity contribution in [2.45, 2.75) is 77.9 Å². The molecule has 3 rings (SSSR count). The number of carboxylic acids is 2. The Labute approximate surface area is 279 Å². The highest BCUT2D eigenvalue weighted by Gasteiger charge is 2.40. The van der Waals surface area contributed by atoms with Gasteiger partial charge >= 0.3 is 18.0 Å². The molecule has 0 radical (unpaired) electrons. The SMILES string of the molecule is CC(=O)N1CC(c2ccc(NC(=O)Nc3ccc(C)cc3)cc2)CC1C(=O)NC(COCCC(NC(=O)CC(C)(C)C)C(=O)O)C(=O)O. The minimum atomic E-state index is -1.46. The van der Waals surface area contributed by atoms with E-state index in [1.165, 1.54) is 11.8 Å². The highest BCUT2D eigenvalue weighted by Crippen LogP contribution is 2.33. The van der Waals surface area contributed by atoms with E-state index in [-0.39, 0.29) is 49.7 Å². The first-order valence-electron chi connectivity index (χ1n) is 15.7. The van der Waals surface area contributed by atoms with E-state index >= 15 is 0 Å². The van der Waals surface area contributed by atoms with E-state index in [1.54, 1.807) is 36.4 Å². The number of carbonyl (C=O) groups is 6. The van der Waals surface area contributed by atoms with Crippen LogP contribution < -0.4 is 21.3 Å². The Bertz CT molecular complexity index is 1470. The average molecular weight is 668 g/mol. The van der Waals surface area contributed by atoms with Crippen molar-refractivity contribution in [3.05, 3.63) is 59.7 Å². The molecule has 0 bridgehead atoms. The summed E-state index contributed by atoms with van der Waals surface area (Å²) in [7, 11) is 0. The summed E-state index contributed by atoms with van der Waals surface area (Å²) in [6.07, 6.45) is 0.258. The highest BCUT2D eigenvalue weighted by molar-refractivity contribution is 5.99. The largest absolute Gasteiger partial charge is 0.480 e. The number of ether oxygens (including phenoxy) is 1. The molecule has 4 unspecified atom stereocenters. The maximum atomic E-state index is 13.3. The molecule has 14 heteroatoms. The number of nitrogens with one attached hydrogen (secondary N) is 4. The van der Waals surface area contributed by atoms with Gasteiger partial charge < -0.3 is 41.1 Å². The van der Waals surface area contributed by atoms with Gasteiger partial charge in [-0.1, -0.05) is 50.6 Å². The van der Waals surface area contributed by atoms with Gasteiger partial charge in [0.2, 0.25) is 17.7 Å². The lowest BCUT2D eigenvalue weighted by molar-refractivity contribution is -0.146. The van der Waals surface area contributed by atoms with Gasteiger partial charge in [-0.3, -0.25) is 14.4 Å². The molecule has 1 saturated heterocycles. The van der Waals surface area contributed by atoms with Crippen molar-refractivity contribution in [2.75, 3.05) is 30.4 Å². The molecular weight excluding hydrogens is 622 g/mol. The lowest BCUT2D eigenvalue weighted by Gasteiger charge is -2.24. The molecule has 1 aliphatic rings. The lowest BCUT2D eigenvalue weighted by atomic mass is 9.92. The standard InChI is InChI=1S/C34H45N5O9/c1-20-6-10-24(11-7-20)35-33(47)36-25-12-8-22(9-13-25)23-16-28(39(18-23)21(2)40)30(42)38-27(32(45)46)19-48-15-14-26(31(43)44)37-29(41)17-34(3,4)5/h6-13,23,26-28H,14-19H2,1-5H3,(H,37,41)(H,38,42)(H,43,44)(H,45,46)(H2,35,36,47). The third-order valence-corrected chi connectivity index (χ3v) is 7.73. The molecule has 48 heavy (non-hydrogen) atoms. The van der Waals surface area contributed by atoms with Crippen molar-refractivity contribution in [1.82, 2.24) is 15.5 Å². The van der Waals surface area contributed by atoms with E-state index in [0.717, 1.165) is 11.1 Å². The molecule has 1 aliphatic heterocycles. The van der Waals surface area contributed by atoms with Crippen molar-refractivity contribution < 1.29 is 43.7 Å². The van der Waals surface area contributed by atoms with Gasteiger partial charge in [0.15, 0.2) is 6.04 Å². The Hall–Kier alpha value is -4.98. The summed E-state index contributed by atoms with van der Waals surface area (Å²) in [5.41, 5.74) is 2.76. The van der Waals surface area contributed by atoms with E-state index in [0.29, 0.717) is 11.4 Å². The number of urea groups is 1. The number of hydrogen-bond donors (Lipinski definition) is 6. The fourth-order valence-corrected chi connectivity index (χ4v) is 5.27. The van der Waals surface area contributed by atoms with E-state index in [9.17, 15) is 39.0 Å². The van der Waals surface area contributed by atoms with Crippen LogP contribution in [0.2, 0.25) is 0 Å². The van der Waals surface area contributed by atoms with Crippen molar-refractivity contribution in [3.63, 3.8) is 0 Å². The van der Waals surface area contributed by atoms with E-state index in [4.69, 9.17) is 4.74 Å². The molecule has 14 nitrogen and oxygen atoms in total. The van der Waals surface area contributed by atoms with Gasteiger partial charge in [-0.25, -0.2) is 14.4 Å². The number of aliphatic carboxylic acids is 2. The first kappa shape index (κ1) is 37.5. The number of nitrogens with zero attached hydrogens (tertiary/aromatic N) is 1. The summed E-state index contributed by atoms with van der Waals surface area (Å²) in [5, 5.41) is 29.6. The third kappa shape index (κ3) is 11.7. The zero-order chi connectivity index (χ0) is 35.6. The number of carbonyl (C=O) groups excluding carboxylic acids is 4. The second kappa shape index (κ2) is 16.7. The molecule has 2 aromatic rings. The first-order chi connectivity index (χ1) is 22.5. The molecular formula is C34H45N5O9. The molecule has 5 amide bonds. The van der Waals surface area contributed by atoms with Crippen LogP contribution in [-0.4, -0.2) is 88.7 Å². The predicted octanol–water partition coefficient (Wildman–Crippen LogP) is 3.33. The molecule has 6 N–H and O–H groups in total. The molecule has 1 fully saturated rings. The van der Waals surface area contributed by atoms with Crippen LogP contribution in [0, 0.1) is 12.3 Å². The summed E-state index contributed by atoms with van der Waals surface area (Å²) >= 11 is 0. The fourth-order valence-electron chi connectivity index (χ4n) is 5.27. The number of carboxylic acid groups (broad SMARTS) is 2. The van der Waals surface area contributed by atoms with Gasteiger partial charge in [0, 0.05) is 50.2 Å². The summed E-state index contributed by atoms with van der Waals surface area (Å²) in [5.74, 6) is -4.27. The van der Waals surface area contributed by atoms with E-state index in [2.05, 4.69) is 21.3 Å². The van der Waals surface area contributed by atoms with E-state index in [1.807, 2.05) is 39.8 Å². The van der Waals surface area contributed by atoms with Crippen LogP contribution in [0.5, 0.6) is 0 Å². The van der Waals surface area contributed by atoms with Crippen molar-refractivity contribution in [1.29, 1.82) is 0 Å². The van der Waals surface area contributed by atoms with Gasteiger partial charge in [-0.05, 0) is 48.6 Å².